The smallest absolute Gasteiger partial charge is 0.119 e. The molecule has 0 unspecified atom stereocenters. The third-order valence-corrected chi connectivity index (χ3v) is 3.62. The van der Waals surface area contributed by atoms with E-state index in [2.05, 4.69) is 54.8 Å². The standard InChI is InChI=1S/C21H25NO/c1-5-7-21(17-8-12-19(13-9-17)22(3)4)18-10-14-20(15-11-18)23-16-6-2/h5,7-15H,1,6,16H2,2-4H3/b21-7-. The van der Waals surface area contributed by atoms with E-state index in [1.165, 1.54) is 11.3 Å². The maximum Gasteiger partial charge on any atom is 0.119 e. The molecule has 0 saturated carbocycles. The molecule has 0 aliphatic carbocycles. The Labute approximate surface area is 139 Å². The Morgan fingerprint density at radius 3 is 2.04 bits per heavy atom. The van der Waals surface area contributed by atoms with Crippen molar-refractivity contribution in [3.05, 3.63) is 78.4 Å². The minimum absolute atomic E-state index is 0.751. The van der Waals surface area contributed by atoms with E-state index in [-0.39, 0.29) is 0 Å². The Morgan fingerprint density at radius 1 is 1.00 bits per heavy atom. The summed E-state index contributed by atoms with van der Waals surface area (Å²) in [5.41, 5.74) is 4.69. The molecule has 0 N–H and O–H groups in total. The topological polar surface area (TPSA) is 12.5 Å². The molecule has 2 rings (SSSR count). The fourth-order valence-corrected chi connectivity index (χ4v) is 2.37. The lowest BCUT2D eigenvalue weighted by atomic mass is 9.97. The molecule has 0 bridgehead atoms. The number of nitrogens with zero attached hydrogens (tertiary/aromatic N) is 1. The number of allylic oxidation sites excluding steroid dienone is 2. The first-order valence-electron chi connectivity index (χ1n) is 7.99. The molecule has 0 aliphatic heterocycles. The van der Waals surface area contributed by atoms with Gasteiger partial charge in [-0.25, -0.2) is 0 Å². The van der Waals surface area contributed by atoms with Crippen LogP contribution in [-0.4, -0.2) is 20.7 Å². The van der Waals surface area contributed by atoms with Crippen LogP contribution >= 0.6 is 0 Å². The predicted molar refractivity (Wildman–Crippen MR) is 100 cm³/mol. The Balaban J connectivity index is 2.27. The molecule has 0 spiro atoms. The summed E-state index contributed by atoms with van der Waals surface area (Å²) in [5, 5.41) is 0. The fourth-order valence-electron chi connectivity index (χ4n) is 2.37. The van der Waals surface area contributed by atoms with Crippen LogP contribution in [0.1, 0.15) is 24.5 Å². The van der Waals surface area contributed by atoms with E-state index in [4.69, 9.17) is 4.74 Å². The van der Waals surface area contributed by atoms with E-state index < -0.39 is 0 Å². The summed E-state index contributed by atoms with van der Waals surface area (Å²) in [6.45, 7) is 6.70. The predicted octanol–water partition coefficient (Wildman–Crippen LogP) is 5.16. The zero-order chi connectivity index (χ0) is 16.7. The molecule has 2 aromatic rings. The van der Waals surface area contributed by atoms with Crippen molar-refractivity contribution in [3.63, 3.8) is 0 Å². The molecular weight excluding hydrogens is 282 g/mol. The van der Waals surface area contributed by atoms with Crippen LogP contribution in [0.3, 0.4) is 0 Å². The third kappa shape index (κ3) is 4.49. The van der Waals surface area contributed by atoms with Crippen molar-refractivity contribution in [2.24, 2.45) is 0 Å². The third-order valence-electron chi connectivity index (χ3n) is 3.62. The van der Waals surface area contributed by atoms with E-state index in [0.29, 0.717) is 0 Å². The second-order valence-electron chi connectivity index (χ2n) is 5.63. The largest absolute Gasteiger partial charge is 0.494 e. The monoisotopic (exact) mass is 307 g/mol. The van der Waals surface area contributed by atoms with E-state index in [0.717, 1.165) is 29.9 Å². The summed E-state index contributed by atoms with van der Waals surface area (Å²) in [4.78, 5) is 2.10. The number of benzene rings is 2. The lowest BCUT2D eigenvalue weighted by molar-refractivity contribution is 0.317. The van der Waals surface area contributed by atoms with Gasteiger partial charge in [-0.15, -0.1) is 0 Å². The molecule has 2 heteroatoms. The molecule has 0 saturated heterocycles. The molecule has 23 heavy (non-hydrogen) atoms. The zero-order valence-corrected chi connectivity index (χ0v) is 14.3. The van der Waals surface area contributed by atoms with Gasteiger partial charge in [-0.05, 0) is 47.4 Å². The highest BCUT2D eigenvalue weighted by Gasteiger charge is 2.06. The molecule has 2 aromatic carbocycles. The molecule has 2 nitrogen and oxygen atoms in total. The van der Waals surface area contributed by atoms with Gasteiger partial charge in [-0.1, -0.05) is 49.9 Å². The summed E-state index contributed by atoms with van der Waals surface area (Å²) in [5.74, 6) is 0.913. The summed E-state index contributed by atoms with van der Waals surface area (Å²) in [6, 6.07) is 16.8. The van der Waals surface area contributed by atoms with Gasteiger partial charge in [0.25, 0.3) is 0 Å². The molecule has 0 aromatic heterocycles. The van der Waals surface area contributed by atoms with Gasteiger partial charge in [0, 0.05) is 19.8 Å². The Kier molecular flexibility index (Phi) is 6.04. The summed E-state index contributed by atoms with van der Waals surface area (Å²) < 4.78 is 5.65. The van der Waals surface area contributed by atoms with Gasteiger partial charge in [-0.2, -0.15) is 0 Å². The highest BCUT2D eigenvalue weighted by Crippen LogP contribution is 2.27. The number of rotatable bonds is 7. The minimum atomic E-state index is 0.751. The first-order valence-corrected chi connectivity index (χ1v) is 7.99. The minimum Gasteiger partial charge on any atom is -0.494 e. The van der Waals surface area contributed by atoms with Crippen molar-refractivity contribution >= 4 is 11.3 Å². The van der Waals surface area contributed by atoms with E-state index in [9.17, 15) is 0 Å². The van der Waals surface area contributed by atoms with E-state index >= 15 is 0 Å². The number of anilines is 1. The van der Waals surface area contributed by atoms with Crippen LogP contribution in [0.2, 0.25) is 0 Å². The maximum absolute atomic E-state index is 5.65. The highest BCUT2D eigenvalue weighted by molar-refractivity contribution is 5.81. The van der Waals surface area contributed by atoms with Crippen molar-refractivity contribution in [3.8, 4) is 5.75 Å². The molecule has 0 aliphatic rings. The molecule has 0 amide bonds. The summed E-state index contributed by atoms with van der Waals surface area (Å²) in [7, 11) is 4.09. The molecule has 0 heterocycles. The van der Waals surface area contributed by atoms with Crippen LogP contribution in [-0.2, 0) is 0 Å². The van der Waals surface area contributed by atoms with Gasteiger partial charge < -0.3 is 9.64 Å². The Bertz CT molecular complexity index is 651. The van der Waals surface area contributed by atoms with Crippen LogP contribution in [0.4, 0.5) is 5.69 Å². The highest BCUT2D eigenvalue weighted by atomic mass is 16.5. The molecule has 0 atom stereocenters. The van der Waals surface area contributed by atoms with Crippen molar-refractivity contribution in [1.29, 1.82) is 0 Å². The van der Waals surface area contributed by atoms with Crippen molar-refractivity contribution < 1.29 is 4.74 Å². The zero-order valence-electron chi connectivity index (χ0n) is 14.3. The van der Waals surface area contributed by atoms with Gasteiger partial charge in [0.1, 0.15) is 5.75 Å². The molecule has 0 fully saturated rings. The average Bonchev–Trinajstić information content (AvgIpc) is 2.58. The van der Waals surface area contributed by atoms with Crippen LogP contribution in [0, 0.1) is 0 Å². The van der Waals surface area contributed by atoms with Gasteiger partial charge in [0.15, 0.2) is 0 Å². The first kappa shape index (κ1) is 16.9. The Morgan fingerprint density at radius 2 is 1.57 bits per heavy atom. The summed E-state index contributed by atoms with van der Waals surface area (Å²) >= 11 is 0. The van der Waals surface area contributed by atoms with Crippen molar-refractivity contribution in [2.75, 3.05) is 25.6 Å². The van der Waals surface area contributed by atoms with Crippen LogP contribution in [0.25, 0.3) is 5.57 Å². The van der Waals surface area contributed by atoms with Gasteiger partial charge >= 0.3 is 0 Å². The maximum atomic E-state index is 5.65. The number of ether oxygens (including phenoxy) is 1. The lowest BCUT2D eigenvalue weighted by Gasteiger charge is -2.14. The van der Waals surface area contributed by atoms with Gasteiger partial charge in [0.2, 0.25) is 0 Å². The molecule has 120 valence electrons. The average molecular weight is 307 g/mol. The Hall–Kier alpha value is -2.48. The van der Waals surface area contributed by atoms with E-state index in [1.54, 1.807) is 0 Å². The van der Waals surface area contributed by atoms with Crippen LogP contribution in [0.5, 0.6) is 5.75 Å². The molecular formula is C21H25NO. The lowest BCUT2D eigenvalue weighted by Crippen LogP contribution is -2.08. The first-order chi connectivity index (χ1) is 11.2. The van der Waals surface area contributed by atoms with Crippen LogP contribution in [0.15, 0.2) is 67.3 Å². The SMILES string of the molecule is C=C/C=C(\c1ccc(OCCC)cc1)c1ccc(N(C)C)cc1. The van der Waals surface area contributed by atoms with Crippen molar-refractivity contribution in [1.82, 2.24) is 0 Å². The normalized spacial score (nSPS) is 11.2. The van der Waals surface area contributed by atoms with Gasteiger partial charge in [0.05, 0.1) is 6.61 Å². The second-order valence-corrected chi connectivity index (χ2v) is 5.63. The molecule has 0 radical (unpaired) electrons. The summed E-state index contributed by atoms with van der Waals surface area (Å²) in [6.07, 6.45) is 4.89. The fraction of sp³-hybridized carbons (Fsp3) is 0.238. The number of hydrogen-bond donors (Lipinski definition) is 0. The number of hydrogen-bond acceptors (Lipinski definition) is 2. The van der Waals surface area contributed by atoms with Crippen LogP contribution < -0.4 is 9.64 Å². The van der Waals surface area contributed by atoms with Gasteiger partial charge in [-0.3, -0.25) is 0 Å². The van der Waals surface area contributed by atoms with E-state index in [1.807, 2.05) is 38.4 Å². The second kappa shape index (κ2) is 8.23. The quantitative estimate of drug-likeness (QED) is 0.655. The van der Waals surface area contributed by atoms with Crippen molar-refractivity contribution in [2.45, 2.75) is 13.3 Å².